The third-order valence-corrected chi connectivity index (χ3v) is 7.21. The summed E-state index contributed by atoms with van der Waals surface area (Å²) in [6, 6.07) is 22.9. The van der Waals surface area contributed by atoms with E-state index in [2.05, 4.69) is 14.9 Å². The number of aromatic nitrogens is 3. The van der Waals surface area contributed by atoms with Gasteiger partial charge in [0.05, 0.1) is 18.3 Å². The van der Waals surface area contributed by atoms with Crippen molar-refractivity contribution in [2.75, 3.05) is 37.7 Å². The van der Waals surface area contributed by atoms with Gasteiger partial charge in [-0.1, -0.05) is 42.5 Å². The third-order valence-electron chi connectivity index (χ3n) is 7.21. The Kier molecular flexibility index (Phi) is 7.88. The number of carbonyl (C=O) groups excluding carboxylic acids is 1. The Balaban J connectivity index is 1.27. The standard InChI is InChI=1S/C30H32FN5O3/c1-3-39-29(37)28(24-7-5-4-6-8-24)34-19-17-33(18-20-34)26-13-15-27(16-14-26)35-21-32-36(30(35)38)22(2)23-9-11-25(31)12-10-23/h4-16,21-22,28H,3,17-20H2,1-2H3/t22-,28+/m1/s1. The van der Waals surface area contributed by atoms with E-state index in [1.807, 2.05) is 68.4 Å². The number of hydrogen-bond donors (Lipinski definition) is 0. The molecule has 0 bridgehead atoms. The lowest BCUT2D eigenvalue weighted by Crippen LogP contribution is -2.49. The van der Waals surface area contributed by atoms with Gasteiger partial charge in [-0.3, -0.25) is 4.90 Å². The topological polar surface area (TPSA) is 72.6 Å². The van der Waals surface area contributed by atoms with Gasteiger partial charge >= 0.3 is 11.7 Å². The van der Waals surface area contributed by atoms with Crippen LogP contribution in [0.1, 0.15) is 37.1 Å². The van der Waals surface area contributed by atoms with Crippen molar-refractivity contribution in [3.05, 3.63) is 113 Å². The highest BCUT2D eigenvalue weighted by atomic mass is 19.1. The number of anilines is 1. The Hall–Kier alpha value is -4.24. The SMILES string of the molecule is CCOC(=O)[C@H](c1ccccc1)N1CCN(c2ccc(-n3cnn([C@H](C)c4ccc(F)cc4)c3=O)cc2)CC1. The third kappa shape index (κ3) is 5.63. The van der Waals surface area contributed by atoms with Crippen LogP contribution in [0.5, 0.6) is 0 Å². The van der Waals surface area contributed by atoms with E-state index >= 15 is 0 Å². The van der Waals surface area contributed by atoms with Crippen LogP contribution in [-0.2, 0) is 9.53 Å². The van der Waals surface area contributed by atoms with E-state index in [-0.39, 0.29) is 23.5 Å². The van der Waals surface area contributed by atoms with Crippen molar-refractivity contribution < 1.29 is 13.9 Å². The molecule has 8 nitrogen and oxygen atoms in total. The summed E-state index contributed by atoms with van der Waals surface area (Å²) < 4.78 is 21.6. The first-order chi connectivity index (χ1) is 19.0. The van der Waals surface area contributed by atoms with E-state index in [1.54, 1.807) is 12.1 Å². The van der Waals surface area contributed by atoms with Crippen molar-refractivity contribution in [2.45, 2.75) is 25.9 Å². The molecule has 0 saturated carbocycles. The normalized spacial score (nSPS) is 15.6. The van der Waals surface area contributed by atoms with Crippen LogP contribution in [0.3, 0.4) is 0 Å². The number of ether oxygens (including phenoxy) is 1. The van der Waals surface area contributed by atoms with Gasteiger partial charge in [0.1, 0.15) is 18.2 Å². The summed E-state index contributed by atoms with van der Waals surface area (Å²) >= 11 is 0. The first kappa shape index (κ1) is 26.4. The molecular formula is C30H32FN5O3. The lowest BCUT2D eigenvalue weighted by molar-refractivity contribution is -0.150. The molecule has 0 radical (unpaired) electrons. The second-order valence-electron chi connectivity index (χ2n) is 9.56. The molecular weight excluding hydrogens is 497 g/mol. The predicted molar refractivity (Wildman–Crippen MR) is 148 cm³/mol. The number of carbonyl (C=O) groups is 1. The monoisotopic (exact) mass is 529 g/mol. The zero-order chi connectivity index (χ0) is 27.4. The van der Waals surface area contributed by atoms with Crippen LogP contribution in [0.25, 0.3) is 5.69 Å². The molecule has 2 atom stereocenters. The summed E-state index contributed by atoms with van der Waals surface area (Å²) in [6.07, 6.45) is 1.51. The number of esters is 1. The van der Waals surface area contributed by atoms with Crippen molar-refractivity contribution in [2.24, 2.45) is 0 Å². The summed E-state index contributed by atoms with van der Waals surface area (Å²) in [6.45, 7) is 6.99. The minimum absolute atomic E-state index is 0.221. The quantitative estimate of drug-likeness (QED) is 0.319. The summed E-state index contributed by atoms with van der Waals surface area (Å²) in [4.78, 5) is 30.3. The van der Waals surface area contributed by atoms with Gasteiger partial charge in [-0.15, -0.1) is 0 Å². The van der Waals surface area contributed by atoms with E-state index in [4.69, 9.17) is 4.74 Å². The van der Waals surface area contributed by atoms with Gasteiger partial charge in [0, 0.05) is 31.9 Å². The van der Waals surface area contributed by atoms with Gasteiger partial charge < -0.3 is 9.64 Å². The number of halogens is 1. The number of rotatable bonds is 8. The fourth-order valence-electron chi connectivity index (χ4n) is 5.06. The summed E-state index contributed by atoms with van der Waals surface area (Å²) in [5.41, 5.74) is 3.24. The van der Waals surface area contributed by atoms with Crippen molar-refractivity contribution >= 4 is 11.7 Å². The van der Waals surface area contributed by atoms with Gasteiger partial charge in [-0.25, -0.2) is 23.2 Å². The molecule has 9 heteroatoms. The Morgan fingerprint density at radius 1 is 0.897 bits per heavy atom. The molecule has 0 aliphatic carbocycles. The second kappa shape index (κ2) is 11.7. The van der Waals surface area contributed by atoms with Gasteiger partial charge in [0.15, 0.2) is 0 Å². The summed E-state index contributed by atoms with van der Waals surface area (Å²) in [5, 5.41) is 4.30. The van der Waals surface area contributed by atoms with Crippen LogP contribution in [0.4, 0.5) is 10.1 Å². The molecule has 2 heterocycles. The molecule has 0 N–H and O–H groups in total. The van der Waals surface area contributed by atoms with Gasteiger partial charge in [0.25, 0.3) is 0 Å². The zero-order valence-corrected chi connectivity index (χ0v) is 22.1. The maximum absolute atomic E-state index is 13.3. The van der Waals surface area contributed by atoms with Crippen LogP contribution in [0, 0.1) is 5.82 Å². The van der Waals surface area contributed by atoms with E-state index in [9.17, 15) is 14.0 Å². The largest absolute Gasteiger partial charge is 0.465 e. The molecule has 202 valence electrons. The highest BCUT2D eigenvalue weighted by molar-refractivity contribution is 5.77. The van der Waals surface area contributed by atoms with Gasteiger partial charge in [0.2, 0.25) is 0 Å². The molecule has 1 aliphatic heterocycles. The maximum Gasteiger partial charge on any atom is 0.350 e. The van der Waals surface area contributed by atoms with Crippen LogP contribution in [0.2, 0.25) is 0 Å². The van der Waals surface area contributed by atoms with Crippen LogP contribution in [-0.4, -0.2) is 58.0 Å². The molecule has 0 amide bonds. The fourth-order valence-corrected chi connectivity index (χ4v) is 5.06. The molecule has 3 aromatic carbocycles. The van der Waals surface area contributed by atoms with E-state index in [1.165, 1.54) is 27.7 Å². The average Bonchev–Trinajstić information content (AvgIpc) is 3.35. The number of benzene rings is 3. The Bertz CT molecular complexity index is 1440. The molecule has 1 fully saturated rings. The Morgan fingerprint density at radius 2 is 1.54 bits per heavy atom. The Morgan fingerprint density at radius 3 is 2.18 bits per heavy atom. The number of nitrogens with zero attached hydrogens (tertiary/aromatic N) is 5. The molecule has 1 saturated heterocycles. The minimum Gasteiger partial charge on any atom is -0.465 e. The zero-order valence-electron chi connectivity index (χ0n) is 22.1. The smallest absolute Gasteiger partial charge is 0.350 e. The van der Waals surface area contributed by atoms with Crippen molar-refractivity contribution in [1.82, 2.24) is 19.2 Å². The lowest BCUT2D eigenvalue weighted by atomic mass is 10.0. The molecule has 0 unspecified atom stereocenters. The van der Waals surface area contributed by atoms with E-state index < -0.39 is 6.04 Å². The molecule has 0 spiro atoms. The molecule has 39 heavy (non-hydrogen) atoms. The van der Waals surface area contributed by atoms with Crippen LogP contribution in [0.15, 0.2) is 90.0 Å². The van der Waals surface area contributed by atoms with Crippen molar-refractivity contribution in [1.29, 1.82) is 0 Å². The predicted octanol–water partition coefficient (Wildman–Crippen LogP) is 4.21. The second-order valence-corrected chi connectivity index (χ2v) is 9.56. The van der Waals surface area contributed by atoms with Gasteiger partial charge in [-0.05, 0) is 61.4 Å². The average molecular weight is 530 g/mol. The van der Waals surface area contributed by atoms with Crippen molar-refractivity contribution in [3.63, 3.8) is 0 Å². The first-order valence-electron chi connectivity index (χ1n) is 13.2. The summed E-state index contributed by atoms with van der Waals surface area (Å²) in [7, 11) is 0. The molecule has 5 rings (SSSR count). The molecule has 1 aliphatic rings. The molecule has 4 aromatic rings. The fraction of sp³-hybridized carbons (Fsp3) is 0.300. The maximum atomic E-state index is 13.3. The number of hydrogen-bond acceptors (Lipinski definition) is 6. The highest BCUT2D eigenvalue weighted by Crippen LogP contribution is 2.26. The van der Waals surface area contributed by atoms with Crippen molar-refractivity contribution in [3.8, 4) is 5.69 Å². The Labute approximate surface area is 226 Å². The van der Waals surface area contributed by atoms with E-state index in [0.717, 1.165) is 29.9 Å². The van der Waals surface area contributed by atoms with Crippen LogP contribution < -0.4 is 10.6 Å². The molecule has 1 aromatic heterocycles. The van der Waals surface area contributed by atoms with Crippen LogP contribution >= 0.6 is 0 Å². The first-order valence-corrected chi connectivity index (χ1v) is 13.2. The minimum atomic E-state index is -0.420. The highest BCUT2D eigenvalue weighted by Gasteiger charge is 2.31. The summed E-state index contributed by atoms with van der Waals surface area (Å²) in [5.74, 6) is -0.540. The lowest BCUT2D eigenvalue weighted by Gasteiger charge is -2.39. The van der Waals surface area contributed by atoms with E-state index in [0.29, 0.717) is 25.4 Å². The van der Waals surface area contributed by atoms with Gasteiger partial charge in [-0.2, -0.15) is 5.10 Å². The number of piperazine rings is 1.